The van der Waals surface area contributed by atoms with Crippen LogP contribution in [0.2, 0.25) is 0 Å². The van der Waals surface area contributed by atoms with Crippen molar-refractivity contribution in [3.05, 3.63) is 23.6 Å². The van der Waals surface area contributed by atoms with Gasteiger partial charge in [-0.25, -0.2) is 4.79 Å². The topological polar surface area (TPSA) is 109 Å². The molecule has 1 aliphatic heterocycles. The lowest BCUT2D eigenvalue weighted by Crippen LogP contribution is -2.28. The van der Waals surface area contributed by atoms with Crippen LogP contribution in [-0.2, 0) is 4.74 Å². The van der Waals surface area contributed by atoms with E-state index in [1.165, 1.54) is 19.2 Å². The van der Waals surface area contributed by atoms with Crippen LogP contribution >= 0.6 is 0 Å². The molecule has 0 atom stereocenters. The summed E-state index contributed by atoms with van der Waals surface area (Å²) in [6.07, 6.45) is 7.13. The first-order chi connectivity index (χ1) is 11.6. The van der Waals surface area contributed by atoms with Crippen molar-refractivity contribution in [2.75, 3.05) is 13.7 Å². The highest BCUT2D eigenvalue weighted by Gasteiger charge is 2.38. The van der Waals surface area contributed by atoms with Crippen LogP contribution in [0.3, 0.4) is 0 Å². The Balaban J connectivity index is 1.55. The largest absolute Gasteiger partial charge is 0.464 e. The van der Waals surface area contributed by atoms with Crippen LogP contribution in [0.5, 0.6) is 0 Å². The number of esters is 1. The lowest BCUT2D eigenvalue weighted by Gasteiger charge is -2.08. The molecule has 0 saturated carbocycles. The van der Waals surface area contributed by atoms with Gasteiger partial charge in [0, 0.05) is 37.9 Å². The smallest absolute Gasteiger partial charge is 0.354 e. The molecule has 24 heavy (non-hydrogen) atoms. The highest BCUT2D eigenvalue weighted by atomic mass is 16.5. The van der Waals surface area contributed by atoms with Gasteiger partial charge in [0.25, 0.3) is 5.91 Å². The predicted octanol–water partition coefficient (Wildman–Crippen LogP) is 2.24. The second kappa shape index (κ2) is 6.20. The van der Waals surface area contributed by atoms with Gasteiger partial charge in [0.2, 0.25) is 0 Å². The number of H-pyrrole nitrogens is 1. The van der Waals surface area contributed by atoms with Crippen molar-refractivity contribution in [2.45, 2.75) is 24.9 Å². The fraction of sp³-hybridized carbons (Fsp3) is 0.375. The van der Waals surface area contributed by atoms with E-state index in [1.807, 2.05) is 0 Å². The number of amides is 1. The number of aromatic amines is 1. The van der Waals surface area contributed by atoms with E-state index in [4.69, 9.17) is 10.8 Å². The monoisotopic (exact) mass is 328 g/mol. The normalized spacial score (nSPS) is 14.3. The fourth-order valence-electron chi connectivity index (χ4n) is 2.39. The molecular weight excluding hydrogens is 312 g/mol. The molecule has 0 radical (unpaired) electrons. The highest BCUT2D eigenvalue weighted by molar-refractivity contribution is 5.98. The van der Waals surface area contributed by atoms with Crippen LogP contribution in [0.15, 0.2) is 26.8 Å². The molecule has 0 bridgehead atoms. The molecule has 2 N–H and O–H groups in total. The maximum absolute atomic E-state index is 12.1. The lowest BCUT2D eigenvalue weighted by atomic mass is 10.0. The zero-order valence-electron chi connectivity index (χ0n) is 13.1. The molecule has 0 fully saturated rings. The van der Waals surface area contributed by atoms with Gasteiger partial charge >= 0.3 is 5.97 Å². The second-order valence-electron chi connectivity index (χ2n) is 5.46. The Kier molecular flexibility index (Phi) is 4.08. The summed E-state index contributed by atoms with van der Waals surface area (Å²) < 4.78 is 10.1. The van der Waals surface area contributed by atoms with Gasteiger partial charge in [0.15, 0.2) is 17.0 Å². The first-order valence-electron chi connectivity index (χ1n) is 7.43. The molecule has 1 amide bonds. The summed E-state index contributed by atoms with van der Waals surface area (Å²) in [6, 6.07) is 3.03. The van der Waals surface area contributed by atoms with Gasteiger partial charge in [-0.05, 0) is 0 Å². The molecule has 8 nitrogen and oxygen atoms in total. The molecule has 2 aromatic heterocycles. The number of terminal acetylenes is 1. The molecule has 8 heteroatoms. The maximum atomic E-state index is 12.1. The minimum Gasteiger partial charge on any atom is -0.464 e. The molecule has 3 heterocycles. The molecule has 0 unspecified atom stereocenters. The minimum atomic E-state index is -0.499. The standard InChI is InChI=1S/C16H16N4O4/c1-3-4-5-16(19-20-16)6-7-17-14(21)13-8-10-12(24-13)9-11(18-10)15(22)23-2/h1,8-9,18H,4-7H2,2H3,(H,17,21). The summed E-state index contributed by atoms with van der Waals surface area (Å²) in [5.74, 6) is 1.88. The number of nitrogens with zero attached hydrogens (tertiary/aromatic N) is 2. The number of carbonyl (C=O) groups is 2. The van der Waals surface area contributed by atoms with Crippen molar-refractivity contribution >= 4 is 23.0 Å². The molecule has 124 valence electrons. The van der Waals surface area contributed by atoms with Crippen LogP contribution in [-0.4, -0.2) is 36.2 Å². The Bertz CT molecular complexity index is 818. The molecule has 0 spiro atoms. The number of hydrogen-bond acceptors (Lipinski definition) is 6. The summed E-state index contributed by atoms with van der Waals surface area (Å²) in [6.45, 7) is 0.415. The Morgan fingerprint density at radius 1 is 1.42 bits per heavy atom. The molecule has 0 aliphatic carbocycles. The van der Waals surface area contributed by atoms with E-state index in [1.54, 1.807) is 0 Å². The third-order valence-corrected chi connectivity index (χ3v) is 3.80. The molecule has 0 aromatic carbocycles. The van der Waals surface area contributed by atoms with E-state index in [0.29, 0.717) is 36.9 Å². The van der Waals surface area contributed by atoms with Gasteiger partial charge in [0.05, 0.1) is 12.6 Å². The van der Waals surface area contributed by atoms with Gasteiger partial charge < -0.3 is 19.5 Å². The van der Waals surface area contributed by atoms with Crippen LogP contribution in [0.1, 0.15) is 40.3 Å². The number of carbonyl (C=O) groups excluding carboxylic acids is 2. The van der Waals surface area contributed by atoms with Crippen molar-refractivity contribution in [3.8, 4) is 12.3 Å². The van der Waals surface area contributed by atoms with Crippen molar-refractivity contribution in [1.82, 2.24) is 10.3 Å². The minimum absolute atomic E-state index is 0.162. The summed E-state index contributed by atoms with van der Waals surface area (Å²) in [5.41, 5.74) is 0.812. The average molecular weight is 328 g/mol. The Labute approximate surface area is 137 Å². The number of hydrogen-bond donors (Lipinski definition) is 2. The zero-order chi connectivity index (χ0) is 17.2. The second-order valence-corrected chi connectivity index (χ2v) is 5.46. The SMILES string of the molecule is C#CCCC1(CCNC(=O)c2cc3[nH]c(C(=O)OC)cc3o2)N=N1. The van der Waals surface area contributed by atoms with E-state index in [0.717, 1.165) is 0 Å². The maximum Gasteiger partial charge on any atom is 0.354 e. The average Bonchev–Trinajstić information content (AvgIpc) is 3.05. The van der Waals surface area contributed by atoms with Crippen LogP contribution < -0.4 is 5.32 Å². The zero-order valence-corrected chi connectivity index (χ0v) is 13.1. The van der Waals surface area contributed by atoms with Crippen LogP contribution in [0.25, 0.3) is 11.1 Å². The lowest BCUT2D eigenvalue weighted by molar-refractivity contribution is 0.0595. The van der Waals surface area contributed by atoms with Crippen molar-refractivity contribution in [3.63, 3.8) is 0 Å². The third kappa shape index (κ3) is 3.15. The van der Waals surface area contributed by atoms with Gasteiger partial charge in [0.1, 0.15) is 5.69 Å². The van der Waals surface area contributed by atoms with E-state index in [-0.39, 0.29) is 17.4 Å². The molecule has 2 aromatic rings. The van der Waals surface area contributed by atoms with E-state index >= 15 is 0 Å². The Morgan fingerprint density at radius 3 is 2.83 bits per heavy atom. The molecule has 0 saturated heterocycles. The van der Waals surface area contributed by atoms with E-state index in [9.17, 15) is 9.59 Å². The Morgan fingerprint density at radius 2 is 2.21 bits per heavy atom. The van der Waals surface area contributed by atoms with E-state index < -0.39 is 11.6 Å². The van der Waals surface area contributed by atoms with Gasteiger partial charge in [-0.3, -0.25) is 4.79 Å². The number of furan rings is 1. The third-order valence-electron chi connectivity index (χ3n) is 3.80. The van der Waals surface area contributed by atoms with Crippen molar-refractivity contribution < 1.29 is 18.7 Å². The van der Waals surface area contributed by atoms with Crippen molar-refractivity contribution in [2.24, 2.45) is 10.2 Å². The number of aromatic nitrogens is 1. The van der Waals surface area contributed by atoms with Crippen LogP contribution in [0.4, 0.5) is 0 Å². The predicted molar refractivity (Wildman–Crippen MR) is 84.5 cm³/mol. The molecule has 3 rings (SSSR count). The van der Waals surface area contributed by atoms with Crippen molar-refractivity contribution in [1.29, 1.82) is 0 Å². The number of methoxy groups -OCH3 is 1. The number of rotatable bonds is 7. The van der Waals surface area contributed by atoms with E-state index in [2.05, 4.69) is 31.2 Å². The first kappa shape index (κ1) is 15.8. The van der Waals surface area contributed by atoms with Gasteiger partial charge in [-0.15, -0.1) is 12.3 Å². The first-order valence-corrected chi connectivity index (χ1v) is 7.43. The Hall–Kier alpha value is -3.08. The summed E-state index contributed by atoms with van der Waals surface area (Å²) in [7, 11) is 1.29. The fourth-order valence-corrected chi connectivity index (χ4v) is 2.39. The number of nitrogens with one attached hydrogen (secondary N) is 2. The summed E-state index contributed by atoms with van der Waals surface area (Å²) in [4.78, 5) is 26.4. The number of fused-ring (bicyclic) bond motifs is 1. The summed E-state index contributed by atoms with van der Waals surface area (Å²) >= 11 is 0. The van der Waals surface area contributed by atoms with Gasteiger partial charge in [-0.2, -0.15) is 10.2 Å². The van der Waals surface area contributed by atoms with Gasteiger partial charge in [-0.1, -0.05) is 0 Å². The highest BCUT2D eigenvalue weighted by Crippen LogP contribution is 2.36. The molecular formula is C16H16N4O4. The molecule has 1 aliphatic rings. The summed E-state index contributed by atoms with van der Waals surface area (Å²) in [5, 5.41) is 10.8. The van der Waals surface area contributed by atoms with Crippen LogP contribution in [0, 0.1) is 12.3 Å². The quantitative estimate of drug-likeness (QED) is 0.600. The number of ether oxygens (including phenoxy) is 1.